The SMILES string of the molecule is CN(C)C(=O)Sc1ccccc1NC(=O)CCCc1ncc(-c2ccccc2)o1. The molecule has 3 aromatic rings. The number of carbonyl (C=O) groups excluding carboxylic acids is 2. The van der Waals surface area contributed by atoms with E-state index in [1.807, 2.05) is 48.5 Å². The summed E-state index contributed by atoms with van der Waals surface area (Å²) in [6, 6.07) is 17.1. The van der Waals surface area contributed by atoms with Gasteiger partial charge in [-0.2, -0.15) is 0 Å². The van der Waals surface area contributed by atoms with Gasteiger partial charge in [-0.3, -0.25) is 9.59 Å². The van der Waals surface area contributed by atoms with Gasteiger partial charge in [-0.1, -0.05) is 42.5 Å². The summed E-state index contributed by atoms with van der Waals surface area (Å²) >= 11 is 1.09. The van der Waals surface area contributed by atoms with Crippen LogP contribution < -0.4 is 5.32 Å². The van der Waals surface area contributed by atoms with Gasteiger partial charge in [0.1, 0.15) is 0 Å². The van der Waals surface area contributed by atoms with Crippen LogP contribution in [0.2, 0.25) is 0 Å². The zero-order valence-corrected chi connectivity index (χ0v) is 17.2. The molecule has 1 aromatic heterocycles. The maximum Gasteiger partial charge on any atom is 0.286 e. The number of carbonyl (C=O) groups is 2. The van der Waals surface area contributed by atoms with Crippen molar-refractivity contribution in [2.75, 3.05) is 19.4 Å². The summed E-state index contributed by atoms with van der Waals surface area (Å²) in [5, 5.41) is 2.80. The van der Waals surface area contributed by atoms with E-state index in [-0.39, 0.29) is 11.1 Å². The molecule has 0 radical (unpaired) electrons. The van der Waals surface area contributed by atoms with E-state index in [9.17, 15) is 9.59 Å². The number of para-hydroxylation sites is 1. The van der Waals surface area contributed by atoms with Crippen molar-refractivity contribution in [1.82, 2.24) is 9.88 Å². The van der Waals surface area contributed by atoms with Crippen molar-refractivity contribution in [3.05, 3.63) is 66.7 Å². The van der Waals surface area contributed by atoms with Crippen LogP contribution in [0.15, 0.2) is 70.1 Å². The molecule has 0 aliphatic carbocycles. The Balaban J connectivity index is 1.51. The summed E-state index contributed by atoms with van der Waals surface area (Å²) in [6.45, 7) is 0. The molecule has 29 heavy (non-hydrogen) atoms. The first-order valence-corrected chi connectivity index (χ1v) is 10.1. The number of amides is 2. The Morgan fingerprint density at radius 2 is 1.79 bits per heavy atom. The highest BCUT2D eigenvalue weighted by atomic mass is 32.2. The van der Waals surface area contributed by atoms with Crippen molar-refractivity contribution in [3.63, 3.8) is 0 Å². The molecule has 0 bridgehead atoms. The van der Waals surface area contributed by atoms with E-state index in [1.165, 1.54) is 4.90 Å². The molecule has 0 aliphatic heterocycles. The van der Waals surface area contributed by atoms with Crippen LogP contribution in [0.1, 0.15) is 18.7 Å². The molecule has 0 fully saturated rings. The Kier molecular flexibility index (Phi) is 7.08. The summed E-state index contributed by atoms with van der Waals surface area (Å²) in [7, 11) is 3.39. The summed E-state index contributed by atoms with van der Waals surface area (Å²) in [6.07, 6.45) is 3.24. The number of nitrogens with zero attached hydrogens (tertiary/aromatic N) is 2. The lowest BCUT2D eigenvalue weighted by Crippen LogP contribution is -2.17. The average Bonchev–Trinajstić information content (AvgIpc) is 3.19. The number of hydrogen-bond acceptors (Lipinski definition) is 5. The molecule has 2 aromatic carbocycles. The van der Waals surface area contributed by atoms with E-state index >= 15 is 0 Å². The quantitative estimate of drug-likeness (QED) is 0.551. The molecule has 0 aliphatic rings. The Hall–Kier alpha value is -3.06. The molecule has 150 valence electrons. The molecule has 2 amide bonds. The maximum absolute atomic E-state index is 12.3. The number of anilines is 1. The number of aryl methyl sites for hydroxylation is 1. The average molecular weight is 410 g/mol. The fraction of sp³-hybridized carbons (Fsp3) is 0.227. The maximum atomic E-state index is 12.3. The highest BCUT2D eigenvalue weighted by Gasteiger charge is 2.13. The van der Waals surface area contributed by atoms with Gasteiger partial charge in [-0.25, -0.2) is 4.98 Å². The van der Waals surface area contributed by atoms with Crippen LogP contribution in [0.4, 0.5) is 10.5 Å². The summed E-state index contributed by atoms with van der Waals surface area (Å²) < 4.78 is 5.77. The van der Waals surface area contributed by atoms with E-state index < -0.39 is 0 Å². The van der Waals surface area contributed by atoms with Gasteiger partial charge in [-0.05, 0) is 30.3 Å². The van der Waals surface area contributed by atoms with Gasteiger partial charge < -0.3 is 14.6 Å². The second kappa shape index (κ2) is 9.93. The van der Waals surface area contributed by atoms with Crippen LogP contribution in [0.25, 0.3) is 11.3 Å². The number of benzene rings is 2. The van der Waals surface area contributed by atoms with Gasteiger partial charge in [0.2, 0.25) is 5.91 Å². The van der Waals surface area contributed by atoms with Gasteiger partial charge in [0.25, 0.3) is 5.24 Å². The van der Waals surface area contributed by atoms with E-state index in [4.69, 9.17) is 4.42 Å². The van der Waals surface area contributed by atoms with Crippen LogP contribution >= 0.6 is 11.8 Å². The number of thioether (sulfide) groups is 1. The predicted octanol–water partition coefficient (Wildman–Crippen LogP) is 5.08. The van der Waals surface area contributed by atoms with Crippen LogP contribution in [0, 0.1) is 0 Å². The third-order valence-electron chi connectivity index (χ3n) is 4.13. The standard InChI is InChI=1S/C22H23N3O3S/c1-25(2)22(27)29-19-12-7-6-11-17(19)24-20(26)13-8-14-21-23-15-18(28-21)16-9-4-3-5-10-16/h3-7,9-12,15H,8,13-14H2,1-2H3,(H,24,26). The molecular weight excluding hydrogens is 386 g/mol. The third-order valence-corrected chi connectivity index (χ3v) is 5.25. The van der Waals surface area contributed by atoms with Gasteiger partial charge in [0.15, 0.2) is 11.7 Å². The monoisotopic (exact) mass is 409 g/mol. The van der Waals surface area contributed by atoms with E-state index in [0.29, 0.717) is 30.8 Å². The first kappa shape index (κ1) is 20.7. The molecule has 0 saturated carbocycles. The van der Waals surface area contributed by atoms with Crippen molar-refractivity contribution >= 4 is 28.6 Å². The van der Waals surface area contributed by atoms with Crippen molar-refractivity contribution in [2.24, 2.45) is 0 Å². The molecular formula is C22H23N3O3S. The molecule has 6 nitrogen and oxygen atoms in total. The Labute approximate surface area is 174 Å². The van der Waals surface area contributed by atoms with Crippen molar-refractivity contribution in [3.8, 4) is 11.3 Å². The number of nitrogens with one attached hydrogen (secondary N) is 1. The van der Waals surface area contributed by atoms with Crippen LogP contribution in [-0.4, -0.2) is 35.1 Å². The van der Waals surface area contributed by atoms with E-state index in [0.717, 1.165) is 28.0 Å². The Morgan fingerprint density at radius 1 is 1.07 bits per heavy atom. The molecule has 1 heterocycles. The van der Waals surface area contributed by atoms with Crippen molar-refractivity contribution < 1.29 is 14.0 Å². The highest BCUT2D eigenvalue weighted by Crippen LogP contribution is 2.28. The minimum atomic E-state index is -0.106. The number of aromatic nitrogens is 1. The predicted molar refractivity (Wildman–Crippen MR) is 115 cm³/mol. The van der Waals surface area contributed by atoms with E-state index in [2.05, 4.69) is 10.3 Å². The molecule has 0 saturated heterocycles. The Morgan fingerprint density at radius 3 is 2.55 bits per heavy atom. The summed E-state index contributed by atoms with van der Waals surface area (Å²) in [5.41, 5.74) is 1.62. The van der Waals surface area contributed by atoms with Gasteiger partial charge in [0, 0.05) is 37.4 Å². The lowest BCUT2D eigenvalue weighted by Gasteiger charge is -2.13. The Bertz CT molecular complexity index is 970. The zero-order chi connectivity index (χ0) is 20.6. The molecule has 3 rings (SSSR count). The molecule has 0 spiro atoms. The second-order valence-corrected chi connectivity index (χ2v) is 7.64. The van der Waals surface area contributed by atoms with Gasteiger partial charge in [-0.15, -0.1) is 0 Å². The normalized spacial score (nSPS) is 10.6. The summed E-state index contributed by atoms with van der Waals surface area (Å²) in [4.78, 5) is 30.8. The van der Waals surface area contributed by atoms with E-state index in [1.54, 1.807) is 26.4 Å². The number of hydrogen-bond donors (Lipinski definition) is 1. The zero-order valence-electron chi connectivity index (χ0n) is 16.4. The lowest BCUT2D eigenvalue weighted by atomic mass is 10.2. The number of oxazole rings is 1. The van der Waals surface area contributed by atoms with Crippen molar-refractivity contribution in [1.29, 1.82) is 0 Å². The van der Waals surface area contributed by atoms with Gasteiger partial charge in [0.05, 0.1) is 11.9 Å². The van der Waals surface area contributed by atoms with Crippen LogP contribution in [0.3, 0.4) is 0 Å². The fourth-order valence-electron chi connectivity index (χ4n) is 2.62. The minimum absolute atomic E-state index is 0.0928. The topological polar surface area (TPSA) is 75.4 Å². The second-order valence-electron chi connectivity index (χ2n) is 6.64. The van der Waals surface area contributed by atoms with Crippen molar-refractivity contribution in [2.45, 2.75) is 24.2 Å². The number of rotatable bonds is 7. The highest BCUT2D eigenvalue weighted by molar-refractivity contribution is 8.13. The van der Waals surface area contributed by atoms with Crippen LogP contribution in [0.5, 0.6) is 0 Å². The smallest absolute Gasteiger partial charge is 0.286 e. The third kappa shape index (κ3) is 5.96. The molecule has 0 atom stereocenters. The van der Waals surface area contributed by atoms with Gasteiger partial charge >= 0.3 is 0 Å². The first-order chi connectivity index (χ1) is 14.0. The lowest BCUT2D eigenvalue weighted by molar-refractivity contribution is -0.116. The first-order valence-electron chi connectivity index (χ1n) is 9.31. The largest absolute Gasteiger partial charge is 0.441 e. The molecule has 1 N–H and O–H groups in total. The molecule has 0 unspecified atom stereocenters. The minimum Gasteiger partial charge on any atom is -0.441 e. The molecule has 7 heteroatoms. The van der Waals surface area contributed by atoms with Crippen LogP contribution in [-0.2, 0) is 11.2 Å². The fourth-order valence-corrected chi connectivity index (χ4v) is 3.37. The summed E-state index contributed by atoms with van der Waals surface area (Å²) in [5.74, 6) is 1.23.